The highest BCUT2D eigenvalue weighted by molar-refractivity contribution is 7.84. The van der Waals surface area contributed by atoms with Gasteiger partial charge in [0.05, 0.1) is 18.7 Å². The Morgan fingerprint density at radius 2 is 2.19 bits per heavy atom. The largest absolute Gasteiger partial charge is 0.448 e. The first-order valence-electron chi connectivity index (χ1n) is 9.83. The van der Waals surface area contributed by atoms with Crippen LogP contribution in [-0.4, -0.2) is 46.6 Å². The second kappa shape index (κ2) is 9.36. The van der Waals surface area contributed by atoms with Crippen molar-refractivity contribution >= 4 is 33.5 Å². The van der Waals surface area contributed by atoms with E-state index in [2.05, 4.69) is 20.4 Å². The molecule has 4 rings (SSSR count). The summed E-state index contributed by atoms with van der Waals surface area (Å²) in [6, 6.07) is 4.99. The predicted molar refractivity (Wildman–Crippen MR) is 114 cm³/mol. The molecule has 2 unspecified atom stereocenters. The van der Waals surface area contributed by atoms with Crippen LogP contribution < -0.4 is 10.5 Å². The molecular formula is C19H21ClN6O5S. The molecule has 3 heterocycles. The molecule has 0 aromatic carbocycles. The quantitative estimate of drug-likeness (QED) is 0.437. The molecule has 0 spiro atoms. The van der Waals surface area contributed by atoms with E-state index < -0.39 is 10.3 Å². The van der Waals surface area contributed by atoms with Crippen LogP contribution in [0.1, 0.15) is 41.1 Å². The first kappa shape index (κ1) is 22.4. The molecule has 0 aliphatic heterocycles. The van der Waals surface area contributed by atoms with E-state index in [0.29, 0.717) is 30.1 Å². The molecule has 2 atom stereocenters. The Labute approximate surface area is 189 Å². The van der Waals surface area contributed by atoms with Gasteiger partial charge >= 0.3 is 10.3 Å². The van der Waals surface area contributed by atoms with E-state index in [0.717, 1.165) is 12.8 Å². The minimum absolute atomic E-state index is 0.00628. The molecule has 1 aliphatic carbocycles. The van der Waals surface area contributed by atoms with Crippen LogP contribution in [0.2, 0.25) is 5.22 Å². The first-order chi connectivity index (χ1) is 15.3. The summed E-state index contributed by atoms with van der Waals surface area (Å²) >= 11 is 5.79. The number of ketones is 1. The lowest BCUT2D eigenvalue weighted by Gasteiger charge is -2.15. The van der Waals surface area contributed by atoms with Gasteiger partial charge in [-0.25, -0.2) is 15.1 Å². The molecule has 3 N–H and O–H groups in total. The number of carbonyl (C=O) groups excluding carboxylic acids is 1. The van der Waals surface area contributed by atoms with Gasteiger partial charge in [0, 0.05) is 18.4 Å². The molecule has 11 nitrogen and oxygen atoms in total. The van der Waals surface area contributed by atoms with E-state index in [9.17, 15) is 13.2 Å². The third-order valence-corrected chi connectivity index (χ3v) is 5.79. The lowest BCUT2D eigenvalue weighted by Crippen LogP contribution is -2.22. The molecule has 0 saturated heterocycles. The van der Waals surface area contributed by atoms with Crippen molar-refractivity contribution in [1.82, 2.24) is 19.7 Å². The number of aromatic nitrogens is 4. The number of carbonyl (C=O) groups is 1. The smallest absolute Gasteiger partial charge is 0.333 e. The number of hydrogen-bond donors (Lipinski definition) is 2. The van der Waals surface area contributed by atoms with Crippen LogP contribution in [0.25, 0.3) is 0 Å². The summed E-state index contributed by atoms with van der Waals surface area (Å²) in [5, 5.41) is 12.8. The molecule has 170 valence electrons. The average molecular weight is 481 g/mol. The van der Waals surface area contributed by atoms with Crippen molar-refractivity contribution < 1.29 is 21.8 Å². The van der Waals surface area contributed by atoms with Crippen LogP contribution in [0.15, 0.2) is 41.3 Å². The molecule has 3 aromatic rings. The van der Waals surface area contributed by atoms with Gasteiger partial charge in [-0.05, 0) is 55.0 Å². The fourth-order valence-corrected chi connectivity index (χ4v) is 4.20. The van der Waals surface area contributed by atoms with Crippen molar-refractivity contribution in [3.05, 3.63) is 59.2 Å². The van der Waals surface area contributed by atoms with Crippen molar-refractivity contribution in [2.45, 2.75) is 31.8 Å². The van der Waals surface area contributed by atoms with Gasteiger partial charge in [0.15, 0.2) is 5.22 Å². The zero-order valence-corrected chi connectivity index (χ0v) is 18.4. The van der Waals surface area contributed by atoms with E-state index in [1.165, 1.54) is 12.5 Å². The average Bonchev–Trinajstić information content (AvgIpc) is 3.48. The summed E-state index contributed by atoms with van der Waals surface area (Å²) < 4.78 is 33.6. The Hall–Kier alpha value is -2.80. The second-order valence-corrected chi connectivity index (χ2v) is 9.11. The lowest BCUT2D eigenvalue weighted by atomic mass is 10.1. The van der Waals surface area contributed by atoms with Crippen molar-refractivity contribution in [1.29, 1.82) is 0 Å². The maximum atomic E-state index is 13.0. The van der Waals surface area contributed by atoms with Crippen LogP contribution in [0, 0.1) is 5.92 Å². The van der Waals surface area contributed by atoms with Crippen LogP contribution in [-0.2, 0) is 21.0 Å². The van der Waals surface area contributed by atoms with E-state index in [1.807, 2.05) is 0 Å². The van der Waals surface area contributed by atoms with Crippen LogP contribution in [0.3, 0.4) is 0 Å². The SMILES string of the molecule is NS(=O)(=O)OCC1CCC(Nc2ncncc2C(=O)c2ccn(Cc3ccc(Cl)o3)n2)C1. The molecule has 0 bridgehead atoms. The van der Waals surface area contributed by atoms with Gasteiger partial charge in [0.2, 0.25) is 5.78 Å². The molecule has 0 amide bonds. The Bertz CT molecular complexity index is 1210. The first-order valence-corrected chi connectivity index (χ1v) is 11.7. The number of hydrogen-bond acceptors (Lipinski definition) is 9. The molecule has 0 radical (unpaired) electrons. The Morgan fingerprint density at radius 1 is 1.34 bits per heavy atom. The summed E-state index contributed by atoms with van der Waals surface area (Å²) in [5.74, 6) is 0.731. The number of nitrogens with one attached hydrogen (secondary N) is 1. The van der Waals surface area contributed by atoms with Gasteiger partial charge in [0.25, 0.3) is 0 Å². The van der Waals surface area contributed by atoms with E-state index in [1.54, 1.807) is 29.1 Å². The summed E-state index contributed by atoms with van der Waals surface area (Å²) in [6.45, 7) is 0.366. The predicted octanol–water partition coefficient (Wildman–Crippen LogP) is 2.00. The monoisotopic (exact) mass is 480 g/mol. The molecule has 13 heteroatoms. The van der Waals surface area contributed by atoms with Crippen LogP contribution in [0.4, 0.5) is 5.82 Å². The standard InChI is InChI=1S/C19H21ClN6O5S/c20-17-4-3-14(31-17)9-26-6-5-16(25-26)18(27)15-8-22-11-23-19(15)24-13-2-1-12(7-13)10-30-32(21,28)29/h3-6,8,11-13H,1-2,7,9-10H2,(H2,21,28,29)(H,22,23,24). The zero-order chi connectivity index (χ0) is 22.7. The van der Waals surface area contributed by atoms with E-state index >= 15 is 0 Å². The van der Waals surface area contributed by atoms with Gasteiger partial charge in [-0.15, -0.1) is 0 Å². The summed E-state index contributed by atoms with van der Waals surface area (Å²) in [5.41, 5.74) is 0.536. The number of furan rings is 1. The van der Waals surface area contributed by atoms with E-state index in [-0.39, 0.29) is 35.3 Å². The van der Waals surface area contributed by atoms with Crippen molar-refractivity contribution in [3.63, 3.8) is 0 Å². The molecular weight excluding hydrogens is 460 g/mol. The molecule has 32 heavy (non-hydrogen) atoms. The van der Waals surface area contributed by atoms with Gasteiger partial charge in [0.1, 0.15) is 23.6 Å². The van der Waals surface area contributed by atoms with Gasteiger partial charge in [-0.3, -0.25) is 13.7 Å². The number of nitrogens with two attached hydrogens (primary N) is 1. The maximum absolute atomic E-state index is 13.0. The number of halogens is 1. The second-order valence-electron chi connectivity index (χ2n) is 7.52. The number of anilines is 1. The topological polar surface area (TPSA) is 155 Å². The highest BCUT2D eigenvalue weighted by atomic mass is 35.5. The minimum atomic E-state index is -3.96. The van der Waals surface area contributed by atoms with Crippen molar-refractivity contribution in [2.75, 3.05) is 11.9 Å². The lowest BCUT2D eigenvalue weighted by molar-refractivity contribution is 0.103. The third kappa shape index (κ3) is 5.71. The number of rotatable bonds is 9. The fourth-order valence-electron chi connectivity index (χ4n) is 3.66. The van der Waals surface area contributed by atoms with Crippen molar-refractivity contribution in [3.8, 4) is 0 Å². The molecule has 1 aliphatic rings. The van der Waals surface area contributed by atoms with E-state index in [4.69, 9.17) is 25.3 Å². The number of nitrogens with zero attached hydrogens (tertiary/aromatic N) is 4. The molecule has 3 aromatic heterocycles. The minimum Gasteiger partial charge on any atom is -0.448 e. The summed E-state index contributed by atoms with van der Waals surface area (Å²) in [4.78, 5) is 21.2. The Morgan fingerprint density at radius 3 is 2.94 bits per heavy atom. The van der Waals surface area contributed by atoms with Gasteiger partial charge in [-0.2, -0.15) is 13.5 Å². The van der Waals surface area contributed by atoms with Gasteiger partial charge < -0.3 is 9.73 Å². The fraction of sp³-hybridized carbons (Fsp3) is 0.368. The highest BCUT2D eigenvalue weighted by Crippen LogP contribution is 2.29. The maximum Gasteiger partial charge on any atom is 0.333 e. The Balaban J connectivity index is 1.42. The summed E-state index contributed by atoms with van der Waals surface area (Å²) in [7, 11) is -3.96. The third-order valence-electron chi connectivity index (χ3n) is 5.13. The van der Waals surface area contributed by atoms with Gasteiger partial charge in [-0.1, -0.05) is 0 Å². The van der Waals surface area contributed by atoms with Crippen molar-refractivity contribution in [2.24, 2.45) is 11.1 Å². The molecule has 1 fully saturated rings. The van der Waals surface area contributed by atoms with Crippen LogP contribution in [0.5, 0.6) is 0 Å². The zero-order valence-electron chi connectivity index (χ0n) is 16.8. The highest BCUT2D eigenvalue weighted by Gasteiger charge is 2.28. The van der Waals surface area contributed by atoms with Crippen LogP contribution >= 0.6 is 11.6 Å². The normalized spacial score (nSPS) is 18.7. The Kier molecular flexibility index (Phi) is 6.55. The molecule has 1 saturated carbocycles. The summed E-state index contributed by atoms with van der Waals surface area (Å²) in [6.07, 6.45) is 6.68.